The number of para-hydroxylation sites is 1. The summed E-state index contributed by atoms with van der Waals surface area (Å²) in [7, 11) is 0. The molecular weight excluding hydrogens is 308 g/mol. The summed E-state index contributed by atoms with van der Waals surface area (Å²) in [5, 5.41) is 0. The molecule has 0 saturated carbocycles. The summed E-state index contributed by atoms with van der Waals surface area (Å²) >= 11 is 0. The van der Waals surface area contributed by atoms with E-state index in [4.69, 9.17) is 0 Å². The van der Waals surface area contributed by atoms with Crippen LogP contribution in [-0.4, -0.2) is 23.1 Å². The van der Waals surface area contributed by atoms with Gasteiger partial charge in [0.2, 0.25) is 0 Å². The van der Waals surface area contributed by atoms with Gasteiger partial charge in [-0.3, -0.25) is 0 Å². The Bertz CT molecular complexity index is 798. The lowest BCUT2D eigenvalue weighted by molar-refractivity contribution is 0.902. The molecule has 0 unspecified atom stereocenters. The molecule has 1 fully saturated rings. The summed E-state index contributed by atoms with van der Waals surface area (Å²) < 4.78 is 0. The highest BCUT2D eigenvalue weighted by Gasteiger charge is 2.17. The predicted octanol–water partition coefficient (Wildman–Crippen LogP) is 4.42. The molecule has 0 radical (unpaired) electrons. The molecule has 1 aliphatic heterocycles. The summed E-state index contributed by atoms with van der Waals surface area (Å²) in [5.41, 5.74) is 2.39. The van der Waals surface area contributed by atoms with E-state index in [1.807, 2.05) is 12.1 Å². The standard InChI is InChI=1S/C21H22N4/c1-3-9-18(10-4-1)16-25(19-11-5-2-6-12-19)21-15-20(22-17-23-21)24-13-7-8-14-24/h1-6,9-12,15,17H,7-8,13-14,16H2. The predicted molar refractivity (Wildman–Crippen MR) is 102 cm³/mol. The van der Waals surface area contributed by atoms with Gasteiger partial charge in [0.15, 0.2) is 0 Å². The lowest BCUT2D eigenvalue weighted by Crippen LogP contribution is -2.21. The SMILES string of the molecule is c1ccc(CN(c2ccccc2)c2cc(N3CCCC3)ncn2)cc1. The van der Waals surface area contributed by atoms with E-state index >= 15 is 0 Å². The lowest BCUT2D eigenvalue weighted by Gasteiger charge is -2.25. The van der Waals surface area contributed by atoms with Crippen molar-refractivity contribution in [1.29, 1.82) is 0 Å². The van der Waals surface area contributed by atoms with E-state index in [1.165, 1.54) is 18.4 Å². The van der Waals surface area contributed by atoms with Crippen molar-refractivity contribution in [3.8, 4) is 0 Å². The zero-order valence-electron chi connectivity index (χ0n) is 14.3. The lowest BCUT2D eigenvalue weighted by atomic mass is 10.2. The Morgan fingerprint density at radius 2 is 1.52 bits per heavy atom. The topological polar surface area (TPSA) is 32.3 Å². The van der Waals surface area contributed by atoms with Crippen molar-refractivity contribution in [3.63, 3.8) is 0 Å². The second-order valence-electron chi connectivity index (χ2n) is 6.34. The molecule has 0 atom stereocenters. The van der Waals surface area contributed by atoms with Gasteiger partial charge in [0, 0.05) is 31.4 Å². The van der Waals surface area contributed by atoms with Gasteiger partial charge in [0.25, 0.3) is 0 Å². The van der Waals surface area contributed by atoms with E-state index < -0.39 is 0 Å². The Morgan fingerprint density at radius 1 is 0.840 bits per heavy atom. The second kappa shape index (κ2) is 7.34. The maximum Gasteiger partial charge on any atom is 0.138 e. The van der Waals surface area contributed by atoms with Gasteiger partial charge in [-0.1, -0.05) is 48.5 Å². The molecule has 0 amide bonds. The van der Waals surface area contributed by atoms with E-state index in [1.54, 1.807) is 6.33 Å². The van der Waals surface area contributed by atoms with Gasteiger partial charge in [-0.25, -0.2) is 9.97 Å². The van der Waals surface area contributed by atoms with Crippen molar-refractivity contribution in [3.05, 3.63) is 78.6 Å². The molecule has 2 heterocycles. The van der Waals surface area contributed by atoms with Crippen LogP contribution in [0.15, 0.2) is 73.1 Å². The quantitative estimate of drug-likeness (QED) is 0.693. The Labute approximate surface area is 148 Å². The molecule has 25 heavy (non-hydrogen) atoms. The Balaban J connectivity index is 1.69. The van der Waals surface area contributed by atoms with Gasteiger partial charge in [-0.15, -0.1) is 0 Å². The molecule has 4 heteroatoms. The van der Waals surface area contributed by atoms with Crippen molar-refractivity contribution < 1.29 is 0 Å². The van der Waals surface area contributed by atoms with Crippen LogP contribution in [0.1, 0.15) is 18.4 Å². The number of hydrogen-bond acceptors (Lipinski definition) is 4. The molecule has 1 aromatic heterocycles. The molecule has 0 bridgehead atoms. The maximum atomic E-state index is 4.57. The molecule has 1 saturated heterocycles. The average Bonchev–Trinajstić information content (AvgIpc) is 3.23. The number of anilines is 3. The molecular formula is C21H22N4. The van der Waals surface area contributed by atoms with Gasteiger partial charge in [0.05, 0.1) is 0 Å². The Hall–Kier alpha value is -2.88. The third-order valence-corrected chi connectivity index (χ3v) is 4.60. The minimum absolute atomic E-state index is 0.779. The number of nitrogens with zero attached hydrogens (tertiary/aromatic N) is 4. The minimum atomic E-state index is 0.779. The van der Waals surface area contributed by atoms with Crippen LogP contribution in [0.4, 0.5) is 17.3 Å². The van der Waals surface area contributed by atoms with E-state index in [0.29, 0.717) is 0 Å². The molecule has 126 valence electrons. The van der Waals surface area contributed by atoms with Crippen LogP contribution in [-0.2, 0) is 6.54 Å². The van der Waals surface area contributed by atoms with Crippen molar-refractivity contribution >= 4 is 17.3 Å². The van der Waals surface area contributed by atoms with Crippen LogP contribution in [0.3, 0.4) is 0 Å². The van der Waals surface area contributed by atoms with Gasteiger partial charge in [-0.2, -0.15) is 0 Å². The second-order valence-corrected chi connectivity index (χ2v) is 6.34. The first kappa shape index (κ1) is 15.6. The molecule has 2 aromatic carbocycles. The molecule has 4 rings (SSSR count). The average molecular weight is 330 g/mol. The summed E-state index contributed by atoms with van der Waals surface area (Å²) in [4.78, 5) is 13.7. The van der Waals surface area contributed by atoms with E-state index in [9.17, 15) is 0 Å². The van der Waals surface area contributed by atoms with Crippen molar-refractivity contribution in [2.75, 3.05) is 22.9 Å². The molecule has 0 N–H and O–H groups in total. The first-order chi connectivity index (χ1) is 12.4. The highest BCUT2D eigenvalue weighted by Crippen LogP contribution is 2.28. The third kappa shape index (κ3) is 3.63. The molecule has 3 aromatic rings. The number of rotatable bonds is 5. The molecule has 4 nitrogen and oxygen atoms in total. The van der Waals surface area contributed by atoms with Crippen LogP contribution in [0.2, 0.25) is 0 Å². The zero-order valence-corrected chi connectivity index (χ0v) is 14.3. The smallest absolute Gasteiger partial charge is 0.138 e. The Kier molecular flexibility index (Phi) is 4.59. The summed E-state index contributed by atoms with van der Waals surface area (Å²) in [6.45, 7) is 2.95. The van der Waals surface area contributed by atoms with E-state index in [2.05, 4.69) is 74.4 Å². The van der Waals surface area contributed by atoms with E-state index in [0.717, 1.165) is 37.0 Å². The van der Waals surface area contributed by atoms with Crippen LogP contribution in [0.5, 0.6) is 0 Å². The summed E-state index contributed by atoms with van der Waals surface area (Å²) in [5.74, 6) is 1.96. The first-order valence-corrected chi connectivity index (χ1v) is 8.84. The van der Waals surface area contributed by atoms with Crippen LogP contribution >= 0.6 is 0 Å². The number of hydrogen-bond donors (Lipinski definition) is 0. The summed E-state index contributed by atoms with van der Waals surface area (Å²) in [6.07, 6.45) is 4.17. The van der Waals surface area contributed by atoms with Crippen molar-refractivity contribution in [2.24, 2.45) is 0 Å². The number of benzene rings is 2. The Morgan fingerprint density at radius 3 is 2.24 bits per heavy atom. The molecule has 0 spiro atoms. The van der Waals surface area contributed by atoms with Crippen molar-refractivity contribution in [1.82, 2.24) is 9.97 Å². The fourth-order valence-corrected chi connectivity index (χ4v) is 3.28. The summed E-state index contributed by atoms with van der Waals surface area (Å²) in [6, 6.07) is 23.0. The third-order valence-electron chi connectivity index (χ3n) is 4.60. The fourth-order valence-electron chi connectivity index (χ4n) is 3.28. The van der Waals surface area contributed by atoms with Crippen LogP contribution < -0.4 is 9.80 Å². The first-order valence-electron chi connectivity index (χ1n) is 8.84. The van der Waals surface area contributed by atoms with Crippen molar-refractivity contribution in [2.45, 2.75) is 19.4 Å². The van der Waals surface area contributed by atoms with Gasteiger partial charge in [0.1, 0.15) is 18.0 Å². The van der Waals surface area contributed by atoms with Gasteiger partial charge < -0.3 is 9.80 Å². The normalized spacial score (nSPS) is 13.8. The fraction of sp³-hybridized carbons (Fsp3) is 0.238. The molecule has 0 aliphatic carbocycles. The van der Waals surface area contributed by atoms with Crippen LogP contribution in [0.25, 0.3) is 0 Å². The zero-order chi connectivity index (χ0) is 16.9. The maximum absolute atomic E-state index is 4.57. The minimum Gasteiger partial charge on any atom is -0.356 e. The monoisotopic (exact) mass is 330 g/mol. The molecule has 1 aliphatic rings. The van der Waals surface area contributed by atoms with Gasteiger partial charge in [-0.05, 0) is 30.5 Å². The highest BCUT2D eigenvalue weighted by molar-refractivity contribution is 5.62. The van der Waals surface area contributed by atoms with Crippen LogP contribution in [0, 0.1) is 0 Å². The van der Waals surface area contributed by atoms with E-state index in [-0.39, 0.29) is 0 Å². The van der Waals surface area contributed by atoms with Gasteiger partial charge >= 0.3 is 0 Å². The number of aromatic nitrogens is 2. The largest absolute Gasteiger partial charge is 0.356 e. The highest BCUT2D eigenvalue weighted by atomic mass is 15.2.